The Labute approximate surface area is 116 Å². The van der Waals surface area contributed by atoms with E-state index in [4.69, 9.17) is 4.42 Å². The summed E-state index contributed by atoms with van der Waals surface area (Å²) >= 11 is 1.65. The van der Waals surface area contributed by atoms with Gasteiger partial charge in [-0.3, -0.25) is 4.79 Å². The third-order valence-electron chi connectivity index (χ3n) is 3.49. The molecule has 0 aliphatic heterocycles. The second-order valence-electron chi connectivity index (χ2n) is 5.09. The van der Waals surface area contributed by atoms with Gasteiger partial charge in [-0.25, -0.2) is 0 Å². The number of rotatable bonds is 3. The number of thiophene rings is 1. The maximum atomic E-state index is 12.4. The zero-order valence-corrected chi connectivity index (χ0v) is 12.0. The van der Waals surface area contributed by atoms with Crippen LogP contribution in [0.15, 0.2) is 22.6 Å². The fourth-order valence-corrected chi connectivity index (χ4v) is 3.75. The maximum Gasteiger partial charge on any atom is 0.264 e. The predicted octanol–water partition coefficient (Wildman–Crippen LogP) is 3.41. The van der Waals surface area contributed by atoms with Gasteiger partial charge in [-0.05, 0) is 49.9 Å². The van der Waals surface area contributed by atoms with Crippen LogP contribution in [0.1, 0.15) is 38.1 Å². The molecule has 100 valence electrons. The summed E-state index contributed by atoms with van der Waals surface area (Å²) in [5.74, 6) is 1.80. The second-order valence-corrected chi connectivity index (χ2v) is 6.22. The van der Waals surface area contributed by atoms with Crippen LogP contribution in [-0.2, 0) is 19.4 Å². The van der Waals surface area contributed by atoms with Crippen molar-refractivity contribution >= 4 is 17.2 Å². The van der Waals surface area contributed by atoms with Crippen LogP contribution < -0.4 is 0 Å². The minimum Gasteiger partial charge on any atom is -0.464 e. The standard InChI is InChI=1S/C15H17NO2S/c1-10-6-7-12(18-10)9-16(2)15(17)14-8-11-4-3-5-13(11)19-14/h6-8H,3-5,9H2,1-2H3. The van der Waals surface area contributed by atoms with Crippen LogP contribution in [0.4, 0.5) is 0 Å². The van der Waals surface area contributed by atoms with E-state index in [1.165, 1.54) is 16.9 Å². The first-order valence-electron chi connectivity index (χ1n) is 6.56. The number of carbonyl (C=O) groups is 1. The molecule has 0 spiro atoms. The molecule has 0 N–H and O–H groups in total. The van der Waals surface area contributed by atoms with Gasteiger partial charge in [-0.2, -0.15) is 0 Å². The van der Waals surface area contributed by atoms with Crippen molar-refractivity contribution in [3.8, 4) is 0 Å². The van der Waals surface area contributed by atoms with Gasteiger partial charge in [0, 0.05) is 11.9 Å². The second kappa shape index (κ2) is 4.85. The number of furan rings is 1. The quantitative estimate of drug-likeness (QED) is 0.860. The number of amides is 1. The lowest BCUT2D eigenvalue weighted by atomic mass is 10.2. The highest BCUT2D eigenvalue weighted by Gasteiger charge is 2.21. The molecule has 1 aliphatic rings. The van der Waals surface area contributed by atoms with Gasteiger partial charge >= 0.3 is 0 Å². The van der Waals surface area contributed by atoms with Gasteiger partial charge in [0.15, 0.2) is 0 Å². The van der Waals surface area contributed by atoms with Crippen molar-refractivity contribution in [2.45, 2.75) is 32.7 Å². The molecule has 2 aromatic rings. The van der Waals surface area contributed by atoms with E-state index >= 15 is 0 Å². The molecule has 0 bridgehead atoms. The summed E-state index contributed by atoms with van der Waals surface area (Å²) in [6.45, 7) is 2.43. The highest BCUT2D eigenvalue weighted by atomic mass is 32.1. The molecule has 2 heterocycles. The van der Waals surface area contributed by atoms with Crippen molar-refractivity contribution < 1.29 is 9.21 Å². The van der Waals surface area contributed by atoms with E-state index in [0.717, 1.165) is 29.2 Å². The molecule has 1 amide bonds. The van der Waals surface area contributed by atoms with E-state index in [1.807, 2.05) is 26.1 Å². The Bertz CT molecular complexity index is 590. The van der Waals surface area contributed by atoms with Crippen LogP contribution >= 0.6 is 11.3 Å². The highest BCUT2D eigenvalue weighted by Crippen LogP contribution is 2.31. The van der Waals surface area contributed by atoms with Crippen LogP contribution in [0.2, 0.25) is 0 Å². The summed E-state index contributed by atoms with van der Waals surface area (Å²) in [5.41, 5.74) is 1.37. The largest absolute Gasteiger partial charge is 0.464 e. The highest BCUT2D eigenvalue weighted by molar-refractivity contribution is 7.14. The number of aryl methyl sites for hydroxylation is 3. The van der Waals surface area contributed by atoms with Crippen molar-refractivity contribution in [1.29, 1.82) is 0 Å². The average molecular weight is 275 g/mol. The van der Waals surface area contributed by atoms with Gasteiger partial charge in [-0.1, -0.05) is 0 Å². The zero-order valence-electron chi connectivity index (χ0n) is 11.2. The molecule has 1 aliphatic carbocycles. The van der Waals surface area contributed by atoms with Crippen molar-refractivity contribution in [3.63, 3.8) is 0 Å². The topological polar surface area (TPSA) is 33.5 Å². The first kappa shape index (κ1) is 12.5. The van der Waals surface area contributed by atoms with E-state index in [2.05, 4.69) is 6.07 Å². The lowest BCUT2D eigenvalue weighted by molar-refractivity contribution is 0.0779. The molecule has 0 aromatic carbocycles. The van der Waals surface area contributed by atoms with Gasteiger partial charge in [0.2, 0.25) is 0 Å². The predicted molar refractivity (Wildman–Crippen MR) is 75.6 cm³/mol. The smallest absolute Gasteiger partial charge is 0.264 e. The fourth-order valence-electron chi connectivity index (χ4n) is 2.50. The summed E-state index contributed by atoms with van der Waals surface area (Å²) in [6, 6.07) is 5.92. The molecule has 0 unspecified atom stereocenters. The van der Waals surface area contributed by atoms with E-state index < -0.39 is 0 Å². The molecule has 0 saturated carbocycles. The van der Waals surface area contributed by atoms with Crippen molar-refractivity contribution in [2.24, 2.45) is 0 Å². The molecule has 0 fully saturated rings. The third kappa shape index (κ3) is 2.45. The summed E-state index contributed by atoms with van der Waals surface area (Å²) in [4.78, 5) is 16.3. The van der Waals surface area contributed by atoms with Gasteiger partial charge in [0.25, 0.3) is 5.91 Å². The Balaban J connectivity index is 1.72. The lowest BCUT2D eigenvalue weighted by Crippen LogP contribution is -2.25. The van der Waals surface area contributed by atoms with Crippen LogP contribution in [-0.4, -0.2) is 17.9 Å². The van der Waals surface area contributed by atoms with E-state index in [-0.39, 0.29) is 5.91 Å². The number of fused-ring (bicyclic) bond motifs is 1. The molecule has 4 heteroatoms. The number of carbonyl (C=O) groups excluding carboxylic acids is 1. The Morgan fingerprint density at radius 2 is 2.26 bits per heavy atom. The summed E-state index contributed by atoms with van der Waals surface area (Å²) < 4.78 is 5.51. The number of hydrogen-bond donors (Lipinski definition) is 0. The third-order valence-corrected chi connectivity index (χ3v) is 4.72. The van der Waals surface area contributed by atoms with Crippen LogP contribution in [0.3, 0.4) is 0 Å². The molecular formula is C15H17NO2S. The molecule has 3 nitrogen and oxygen atoms in total. The Morgan fingerprint density at radius 3 is 2.95 bits per heavy atom. The summed E-state index contributed by atoms with van der Waals surface area (Å²) in [5, 5.41) is 0. The van der Waals surface area contributed by atoms with Crippen molar-refractivity contribution in [3.05, 3.63) is 45.0 Å². The maximum absolute atomic E-state index is 12.4. The molecule has 0 saturated heterocycles. The molecule has 0 atom stereocenters. The van der Waals surface area contributed by atoms with E-state index in [9.17, 15) is 4.79 Å². The summed E-state index contributed by atoms with van der Waals surface area (Å²) in [7, 11) is 1.82. The lowest BCUT2D eigenvalue weighted by Gasteiger charge is -2.14. The molecular weight excluding hydrogens is 258 g/mol. The van der Waals surface area contributed by atoms with Gasteiger partial charge in [-0.15, -0.1) is 11.3 Å². The Morgan fingerprint density at radius 1 is 1.42 bits per heavy atom. The van der Waals surface area contributed by atoms with Crippen LogP contribution in [0.25, 0.3) is 0 Å². The molecule has 3 rings (SSSR count). The Kier molecular flexibility index (Phi) is 3.19. The average Bonchev–Trinajstić information content (AvgIpc) is 3.03. The van der Waals surface area contributed by atoms with Gasteiger partial charge in [0.1, 0.15) is 11.5 Å². The molecule has 19 heavy (non-hydrogen) atoms. The first-order valence-corrected chi connectivity index (χ1v) is 7.37. The van der Waals surface area contributed by atoms with Crippen molar-refractivity contribution in [2.75, 3.05) is 7.05 Å². The number of hydrogen-bond acceptors (Lipinski definition) is 3. The minimum absolute atomic E-state index is 0.0912. The van der Waals surface area contributed by atoms with Gasteiger partial charge < -0.3 is 9.32 Å². The van der Waals surface area contributed by atoms with Crippen LogP contribution in [0.5, 0.6) is 0 Å². The van der Waals surface area contributed by atoms with E-state index in [0.29, 0.717) is 6.54 Å². The van der Waals surface area contributed by atoms with Crippen molar-refractivity contribution in [1.82, 2.24) is 4.90 Å². The SMILES string of the molecule is Cc1ccc(CN(C)C(=O)c2cc3c(s2)CCC3)o1. The number of nitrogens with zero attached hydrogens (tertiary/aromatic N) is 1. The monoisotopic (exact) mass is 275 g/mol. The normalized spacial score (nSPS) is 13.6. The van der Waals surface area contributed by atoms with Crippen LogP contribution in [0, 0.1) is 6.92 Å². The fraction of sp³-hybridized carbons (Fsp3) is 0.400. The zero-order chi connectivity index (χ0) is 13.4. The molecule has 2 aromatic heterocycles. The molecule has 0 radical (unpaired) electrons. The van der Waals surface area contributed by atoms with E-state index in [1.54, 1.807) is 16.2 Å². The minimum atomic E-state index is 0.0912. The van der Waals surface area contributed by atoms with Gasteiger partial charge in [0.05, 0.1) is 11.4 Å². The first-order chi connectivity index (χ1) is 9.13. The summed E-state index contributed by atoms with van der Waals surface area (Å²) in [6.07, 6.45) is 3.49. The Hall–Kier alpha value is -1.55.